The van der Waals surface area contributed by atoms with E-state index in [-0.39, 0.29) is 17.5 Å². The fourth-order valence-corrected chi connectivity index (χ4v) is 3.77. The van der Waals surface area contributed by atoms with Crippen molar-refractivity contribution in [3.63, 3.8) is 0 Å². The molecule has 1 saturated heterocycles. The number of nitrogens with zero attached hydrogens (tertiary/aromatic N) is 4. The van der Waals surface area contributed by atoms with Crippen LogP contribution in [-0.4, -0.2) is 46.9 Å². The van der Waals surface area contributed by atoms with E-state index in [4.69, 9.17) is 0 Å². The van der Waals surface area contributed by atoms with E-state index in [0.29, 0.717) is 25.9 Å². The fourth-order valence-electron chi connectivity index (χ4n) is 3.77. The van der Waals surface area contributed by atoms with Gasteiger partial charge in [-0.1, -0.05) is 55.3 Å². The smallest absolute Gasteiger partial charge is 0.302 e. The lowest BCUT2D eigenvalue weighted by Crippen LogP contribution is -2.34. The van der Waals surface area contributed by atoms with Crippen LogP contribution in [0.15, 0.2) is 57.9 Å². The van der Waals surface area contributed by atoms with Crippen LogP contribution in [-0.2, 0) is 10.7 Å². The molecule has 0 bridgehead atoms. The topological polar surface area (TPSA) is 77.6 Å². The first-order valence-corrected chi connectivity index (χ1v) is 10.5. The summed E-state index contributed by atoms with van der Waals surface area (Å²) in [6, 6.07) is 7.04. The fraction of sp³-hybridized carbons (Fsp3) is 0.545. The molecular formula is C22H28F2N4O2. The molecular weight excluding hydrogens is 390 g/mol. The average Bonchev–Trinajstić information content (AvgIpc) is 3.39. The number of aliphatic hydroxyl groups excluding tert-OH is 1. The van der Waals surface area contributed by atoms with Crippen LogP contribution in [0.3, 0.4) is 0 Å². The molecule has 1 aromatic rings. The highest BCUT2D eigenvalue weighted by molar-refractivity contribution is 5.87. The van der Waals surface area contributed by atoms with Gasteiger partial charge in [-0.05, 0) is 30.9 Å². The first-order valence-electron chi connectivity index (χ1n) is 10.5. The molecule has 2 aliphatic heterocycles. The second kappa shape index (κ2) is 10.5. The van der Waals surface area contributed by atoms with Crippen molar-refractivity contribution in [2.45, 2.75) is 63.0 Å². The van der Waals surface area contributed by atoms with Gasteiger partial charge in [-0.15, -0.1) is 5.10 Å². The molecule has 30 heavy (non-hydrogen) atoms. The number of unbranched alkanes of at least 4 members (excludes halogenated alkanes) is 3. The first-order chi connectivity index (χ1) is 14.5. The largest absolute Gasteiger partial charge is 0.382 e. The minimum atomic E-state index is -3.38. The summed E-state index contributed by atoms with van der Waals surface area (Å²) in [5.41, 5.74) is 0.785. The van der Waals surface area contributed by atoms with Crippen molar-refractivity contribution in [3.05, 3.63) is 48.0 Å². The van der Waals surface area contributed by atoms with E-state index in [0.717, 1.165) is 43.9 Å². The van der Waals surface area contributed by atoms with Crippen molar-refractivity contribution < 1.29 is 18.7 Å². The molecule has 2 aliphatic rings. The molecule has 1 N–H and O–H groups in total. The van der Waals surface area contributed by atoms with Gasteiger partial charge >= 0.3 is 5.92 Å². The van der Waals surface area contributed by atoms with Gasteiger partial charge in [0.15, 0.2) is 0 Å². The van der Waals surface area contributed by atoms with Gasteiger partial charge in [0.2, 0.25) is 5.91 Å². The molecule has 0 saturated carbocycles. The molecule has 0 aliphatic carbocycles. The molecule has 8 heteroatoms. The minimum Gasteiger partial charge on any atom is -0.382 e. The maximum atomic E-state index is 14.4. The van der Waals surface area contributed by atoms with Crippen molar-refractivity contribution in [2.24, 2.45) is 15.4 Å². The van der Waals surface area contributed by atoms with E-state index in [2.05, 4.69) is 15.4 Å². The summed E-state index contributed by atoms with van der Waals surface area (Å²) in [7, 11) is 0. The van der Waals surface area contributed by atoms with Gasteiger partial charge in [0.25, 0.3) is 0 Å². The summed E-state index contributed by atoms with van der Waals surface area (Å²) >= 11 is 0. The SMILES string of the molecule is O=C1CC[C@H](/C=C/C(O)C(F)(F)c2ccccc2)N1CCCCCCC1=NN=NC1. The zero-order valence-electron chi connectivity index (χ0n) is 17.0. The van der Waals surface area contributed by atoms with Gasteiger partial charge in [0, 0.05) is 18.5 Å². The summed E-state index contributed by atoms with van der Waals surface area (Å²) in [6.45, 7) is 1.20. The molecule has 2 atom stereocenters. The Hall–Kier alpha value is -2.48. The van der Waals surface area contributed by atoms with Crippen LogP contribution in [0, 0.1) is 0 Å². The lowest BCUT2D eigenvalue weighted by Gasteiger charge is -2.24. The van der Waals surface area contributed by atoms with Crippen LogP contribution in [0.4, 0.5) is 8.78 Å². The Kier molecular flexibility index (Phi) is 7.79. The number of amides is 1. The van der Waals surface area contributed by atoms with Crippen LogP contribution in [0.5, 0.6) is 0 Å². The number of likely N-dealkylation sites (tertiary alicyclic amines) is 1. The Bertz CT molecular complexity index is 796. The molecule has 0 aromatic heterocycles. The highest BCUT2D eigenvalue weighted by Crippen LogP contribution is 2.32. The zero-order chi connectivity index (χ0) is 21.4. The molecule has 162 valence electrons. The third-order valence-corrected chi connectivity index (χ3v) is 5.54. The molecule has 1 fully saturated rings. The Morgan fingerprint density at radius 1 is 1.20 bits per heavy atom. The highest BCUT2D eigenvalue weighted by Gasteiger charge is 2.39. The Labute approximate surface area is 175 Å². The van der Waals surface area contributed by atoms with E-state index >= 15 is 0 Å². The number of carbonyl (C=O) groups excluding carboxylic acids is 1. The molecule has 1 unspecified atom stereocenters. The lowest BCUT2D eigenvalue weighted by atomic mass is 10.0. The van der Waals surface area contributed by atoms with Crippen molar-refractivity contribution in [1.82, 2.24) is 4.90 Å². The van der Waals surface area contributed by atoms with Crippen molar-refractivity contribution >= 4 is 11.6 Å². The van der Waals surface area contributed by atoms with Gasteiger partial charge in [-0.2, -0.15) is 13.9 Å². The summed E-state index contributed by atoms with van der Waals surface area (Å²) < 4.78 is 28.9. The summed E-state index contributed by atoms with van der Waals surface area (Å²) in [5.74, 6) is -3.34. The second-order valence-electron chi connectivity index (χ2n) is 7.73. The number of benzene rings is 1. The minimum absolute atomic E-state index is 0.0393. The van der Waals surface area contributed by atoms with Gasteiger partial charge in [-0.25, -0.2) is 0 Å². The van der Waals surface area contributed by atoms with Crippen LogP contribution < -0.4 is 0 Å². The first kappa shape index (κ1) is 22.2. The lowest BCUT2D eigenvalue weighted by molar-refractivity contribution is -0.128. The maximum Gasteiger partial charge on any atom is 0.302 e. The molecule has 3 rings (SSSR count). The molecule has 2 heterocycles. The number of hydrogen-bond donors (Lipinski definition) is 1. The number of aliphatic hydroxyl groups is 1. The van der Waals surface area contributed by atoms with Crippen LogP contribution in [0.25, 0.3) is 0 Å². The van der Waals surface area contributed by atoms with E-state index in [1.54, 1.807) is 17.0 Å². The number of hydrogen-bond acceptors (Lipinski definition) is 5. The van der Waals surface area contributed by atoms with Crippen LogP contribution >= 0.6 is 0 Å². The van der Waals surface area contributed by atoms with Crippen LogP contribution in [0.2, 0.25) is 0 Å². The Morgan fingerprint density at radius 2 is 1.97 bits per heavy atom. The predicted octanol–water partition coefficient (Wildman–Crippen LogP) is 4.46. The molecule has 0 spiro atoms. The summed E-state index contributed by atoms with van der Waals surface area (Å²) in [5, 5.41) is 21.4. The predicted molar refractivity (Wildman–Crippen MR) is 110 cm³/mol. The standard InChI is InChI=1S/C22H28F2N4O2/c23-22(24,17-8-4-3-5-9-17)20(29)13-11-19-12-14-21(30)28(19)15-7-2-1-6-10-18-16-25-27-26-18/h3-5,8-9,11,13,19-20,29H,1-2,6-7,10,12,14-16H2/b13-11+/t19-,20?/m0/s1. The third kappa shape index (κ3) is 5.78. The molecule has 1 amide bonds. The summed E-state index contributed by atoms with van der Waals surface area (Å²) in [6.07, 6.45) is 6.53. The van der Waals surface area contributed by atoms with Crippen molar-refractivity contribution in [3.8, 4) is 0 Å². The van der Waals surface area contributed by atoms with E-state index < -0.39 is 12.0 Å². The normalized spacial score (nSPS) is 20.4. The molecule has 0 radical (unpaired) electrons. The number of alkyl halides is 2. The zero-order valence-corrected chi connectivity index (χ0v) is 17.0. The molecule has 6 nitrogen and oxygen atoms in total. The monoisotopic (exact) mass is 418 g/mol. The Balaban J connectivity index is 1.44. The van der Waals surface area contributed by atoms with Gasteiger partial charge in [-0.3, -0.25) is 4.79 Å². The highest BCUT2D eigenvalue weighted by atomic mass is 19.3. The average molecular weight is 418 g/mol. The quantitative estimate of drug-likeness (QED) is 0.425. The van der Waals surface area contributed by atoms with Crippen molar-refractivity contribution in [2.75, 3.05) is 13.1 Å². The maximum absolute atomic E-state index is 14.4. The van der Waals surface area contributed by atoms with E-state index in [1.807, 2.05) is 0 Å². The third-order valence-electron chi connectivity index (χ3n) is 5.54. The van der Waals surface area contributed by atoms with Gasteiger partial charge < -0.3 is 10.0 Å². The van der Waals surface area contributed by atoms with Gasteiger partial charge in [0.1, 0.15) is 12.6 Å². The van der Waals surface area contributed by atoms with Crippen LogP contribution in [0.1, 0.15) is 50.5 Å². The summed E-state index contributed by atoms with van der Waals surface area (Å²) in [4.78, 5) is 13.9. The van der Waals surface area contributed by atoms with Gasteiger partial charge in [0.05, 0.1) is 11.8 Å². The second-order valence-corrected chi connectivity index (χ2v) is 7.73. The number of rotatable bonds is 11. The number of halogens is 2. The van der Waals surface area contributed by atoms with E-state index in [1.165, 1.54) is 24.3 Å². The Morgan fingerprint density at radius 3 is 2.70 bits per heavy atom. The molecule has 1 aromatic carbocycles. The van der Waals surface area contributed by atoms with E-state index in [9.17, 15) is 18.7 Å². The number of carbonyl (C=O) groups is 1. The van der Waals surface area contributed by atoms with Crippen molar-refractivity contribution in [1.29, 1.82) is 0 Å².